The SMILES string of the molecule is CCCCCCCCCCCCN1C(=C=CC2=[N+](CCCCCCCCCCCC)c3ccccc3C2(C)C)C(C)(C)c2ccccc21. The molecule has 2 aromatic carbocycles. The molecule has 0 saturated carbocycles. The number of anilines is 1. The van der Waals surface area contributed by atoms with E-state index < -0.39 is 0 Å². The maximum absolute atomic E-state index is 3.99. The van der Waals surface area contributed by atoms with Gasteiger partial charge >= 0.3 is 0 Å². The number of para-hydroxylation sites is 2. The van der Waals surface area contributed by atoms with Crippen LogP contribution in [0.3, 0.4) is 0 Å². The van der Waals surface area contributed by atoms with Gasteiger partial charge in [-0.05, 0) is 52.2 Å². The van der Waals surface area contributed by atoms with Crippen LogP contribution in [0.4, 0.5) is 11.4 Å². The van der Waals surface area contributed by atoms with Gasteiger partial charge in [-0.15, -0.1) is 0 Å². The number of unbranched alkanes of at least 4 members (excludes halogenated alkanes) is 18. The molecule has 0 bridgehead atoms. The molecule has 0 spiro atoms. The fourth-order valence-corrected chi connectivity index (χ4v) is 8.31. The zero-order valence-corrected chi connectivity index (χ0v) is 32.1. The summed E-state index contributed by atoms with van der Waals surface area (Å²) in [7, 11) is 0. The fourth-order valence-electron chi connectivity index (χ4n) is 8.31. The van der Waals surface area contributed by atoms with Gasteiger partial charge in [0.15, 0.2) is 5.71 Å². The number of fused-ring (bicyclic) bond motifs is 2. The minimum absolute atomic E-state index is 0.0421. The summed E-state index contributed by atoms with van der Waals surface area (Å²) in [6.07, 6.45) is 29.8. The van der Waals surface area contributed by atoms with Crippen molar-refractivity contribution in [3.63, 3.8) is 0 Å². The zero-order chi connectivity index (χ0) is 34.2. The van der Waals surface area contributed by atoms with Crippen LogP contribution in [0, 0.1) is 0 Å². The largest absolute Gasteiger partial charge is 0.338 e. The summed E-state index contributed by atoms with van der Waals surface area (Å²) in [4.78, 5) is 2.61. The van der Waals surface area contributed by atoms with E-state index in [0.717, 1.165) is 13.1 Å². The van der Waals surface area contributed by atoms with Crippen molar-refractivity contribution in [2.75, 3.05) is 18.0 Å². The minimum Gasteiger partial charge on any atom is -0.338 e. The molecule has 2 heterocycles. The summed E-state index contributed by atoms with van der Waals surface area (Å²) in [5.41, 5.74) is 12.3. The van der Waals surface area contributed by atoms with Crippen molar-refractivity contribution in [2.45, 2.75) is 181 Å². The highest BCUT2D eigenvalue weighted by atomic mass is 15.2. The first-order valence-corrected chi connectivity index (χ1v) is 20.4. The van der Waals surface area contributed by atoms with E-state index in [-0.39, 0.29) is 10.8 Å². The van der Waals surface area contributed by atoms with E-state index >= 15 is 0 Å². The smallest absolute Gasteiger partial charge is 0.209 e. The van der Waals surface area contributed by atoms with Crippen molar-refractivity contribution < 1.29 is 4.58 Å². The Balaban J connectivity index is 1.47. The first-order chi connectivity index (χ1) is 23.3. The minimum atomic E-state index is -0.0664. The van der Waals surface area contributed by atoms with Gasteiger partial charge in [-0.1, -0.05) is 165 Å². The molecule has 0 atom stereocenters. The van der Waals surface area contributed by atoms with Gasteiger partial charge in [0, 0.05) is 35.7 Å². The lowest BCUT2D eigenvalue weighted by molar-refractivity contribution is -0.438. The highest BCUT2D eigenvalue weighted by Gasteiger charge is 2.45. The molecule has 2 heteroatoms. The van der Waals surface area contributed by atoms with Crippen LogP contribution in [0.15, 0.2) is 66.0 Å². The quantitative estimate of drug-likeness (QED) is 0.0658. The second-order valence-electron chi connectivity index (χ2n) is 16.0. The molecule has 0 radical (unpaired) electrons. The van der Waals surface area contributed by atoms with E-state index in [4.69, 9.17) is 0 Å². The van der Waals surface area contributed by atoms with E-state index in [1.165, 1.54) is 162 Å². The molecule has 2 aliphatic heterocycles. The number of nitrogens with zero attached hydrogens (tertiary/aromatic N) is 2. The van der Waals surface area contributed by atoms with E-state index in [0.29, 0.717) is 0 Å². The number of allylic oxidation sites excluding steroid dienone is 1. The summed E-state index contributed by atoms with van der Waals surface area (Å²) in [6.45, 7) is 16.4. The van der Waals surface area contributed by atoms with Crippen molar-refractivity contribution >= 4 is 17.1 Å². The molecule has 48 heavy (non-hydrogen) atoms. The molecule has 264 valence electrons. The summed E-state index contributed by atoms with van der Waals surface area (Å²) in [6, 6.07) is 18.2. The van der Waals surface area contributed by atoms with Crippen LogP contribution in [-0.2, 0) is 10.8 Å². The molecular formula is C46H71N2+. The Morgan fingerprint density at radius 2 is 1.04 bits per heavy atom. The molecule has 0 aromatic heterocycles. The van der Waals surface area contributed by atoms with Gasteiger partial charge in [0.1, 0.15) is 6.54 Å². The monoisotopic (exact) mass is 652 g/mol. The average Bonchev–Trinajstić information content (AvgIpc) is 3.43. The molecule has 4 rings (SSSR count). The fraction of sp³-hybridized carbons (Fsp3) is 0.652. The highest BCUT2D eigenvalue weighted by Crippen LogP contribution is 2.47. The van der Waals surface area contributed by atoms with Gasteiger partial charge in [0.05, 0.1) is 17.2 Å². The Labute approximate surface area is 296 Å². The lowest BCUT2D eigenvalue weighted by Crippen LogP contribution is -2.29. The van der Waals surface area contributed by atoms with Crippen LogP contribution in [0.2, 0.25) is 0 Å². The molecule has 0 N–H and O–H groups in total. The van der Waals surface area contributed by atoms with Crippen molar-refractivity contribution in [1.29, 1.82) is 0 Å². The summed E-state index contributed by atoms with van der Waals surface area (Å²) < 4.78 is 2.63. The predicted molar refractivity (Wildman–Crippen MR) is 211 cm³/mol. The van der Waals surface area contributed by atoms with Gasteiger partial charge in [-0.25, -0.2) is 0 Å². The molecule has 0 amide bonds. The molecule has 0 unspecified atom stereocenters. The molecule has 0 fully saturated rings. The topological polar surface area (TPSA) is 6.25 Å². The van der Waals surface area contributed by atoms with E-state index in [1.54, 1.807) is 0 Å². The van der Waals surface area contributed by atoms with Crippen LogP contribution in [0.25, 0.3) is 0 Å². The normalized spacial score (nSPS) is 16.0. The van der Waals surface area contributed by atoms with E-state index in [1.807, 2.05) is 0 Å². The lowest BCUT2D eigenvalue weighted by Gasteiger charge is -2.25. The number of hydrogen-bond acceptors (Lipinski definition) is 1. The standard InChI is InChI=1S/C46H71N2/c1-7-9-11-13-15-17-19-21-23-29-37-47-41-33-27-25-31-39(41)45(3,4)43(47)35-36-44-46(5,6)40-32-26-28-34-42(40)48(44)38-30-24-22-20-18-16-14-12-10-8-2/h25-28,31-35H,7-24,29-30,37-38H2,1-6H3/q+1. The molecule has 0 aliphatic carbocycles. The van der Waals surface area contributed by atoms with Gasteiger partial charge in [0.2, 0.25) is 5.69 Å². The second kappa shape index (κ2) is 19.6. The van der Waals surface area contributed by atoms with Crippen LogP contribution in [-0.4, -0.2) is 23.4 Å². The Morgan fingerprint density at radius 1 is 0.562 bits per heavy atom. The zero-order valence-electron chi connectivity index (χ0n) is 32.1. The van der Waals surface area contributed by atoms with Crippen LogP contribution in [0.1, 0.15) is 181 Å². The molecule has 0 saturated heterocycles. The van der Waals surface area contributed by atoms with Crippen molar-refractivity contribution in [3.05, 3.63) is 77.2 Å². The first kappa shape index (κ1) is 38.2. The third-order valence-corrected chi connectivity index (χ3v) is 11.3. The van der Waals surface area contributed by atoms with Gasteiger partial charge in [0.25, 0.3) is 0 Å². The maximum atomic E-state index is 3.99. The number of benzene rings is 2. The van der Waals surface area contributed by atoms with E-state index in [2.05, 4.69) is 111 Å². The van der Waals surface area contributed by atoms with Crippen LogP contribution >= 0.6 is 0 Å². The first-order valence-electron chi connectivity index (χ1n) is 20.4. The van der Waals surface area contributed by atoms with E-state index in [9.17, 15) is 0 Å². The van der Waals surface area contributed by atoms with Crippen molar-refractivity contribution in [2.24, 2.45) is 0 Å². The van der Waals surface area contributed by atoms with Crippen molar-refractivity contribution in [1.82, 2.24) is 0 Å². The number of rotatable bonds is 23. The Kier molecular flexibility index (Phi) is 15.6. The summed E-state index contributed by atoms with van der Waals surface area (Å²) in [5.74, 6) is 0. The maximum Gasteiger partial charge on any atom is 0.209 e. The summed E-state index contributed by atoms with van der Waals surface area (Å²) in [5, 5.41) is 0. The third-order valence-electron chi connectivity index (χ3n) is 11.3. The van der Waals surface area contributed by atoms with Gasteiger partial charge in [-0.2, -0.15) is 4.58 Å². The van der Waals surface area contributed by atoms with Crippen LogP contribution < -0.4 is 4.90 Å². The average molecular weight is 652 g/mol. The highest BCUT2D eigenvalue weighted by molar-refractivity contribution is 6.03. The van der Waals surface area contributed by atoms with Crippen molar-refractivity contribution in [3.8, 4) is 0 Å². The number of hydrogen-bond donors (Lipinski definition) is 0. The van der Waals surface area contributed by atoms with Crippen LogP contribution in [0.5, 0.6) is 0 Å². The van der Waals surface area contributed by atoms with Gasteiger partial charge in [-0.3, -0.25) is 0 Å². The Morgan fingerprint density at radius 3 is 1.62 bits per heavy atom. The second-order valence-corrected chi connectivity index (χ2v) is 16.0. The summed E-state index contributed by atoms with van der Waals surface area (Å²) >= 11 is 0. The molecule has 2 nitrogen and oxygen atoms in total. The molecule has 2 aromatic rings. The van der Waals surface area contributed by atoms with Gasteiger partial charge < -0.3 is 4.90 Å². The predicted octanol–water partition coefficient (Wildman–Crippen LogP) is 13.7. The third kappa shape index (κ3) is 10.00. The Bertz CT molecular complexity index is 1350. The molecular weight excluding hydrogens is 581 g/mol. The lowest BCUT2D eigenvalue weighted by atomic mass is 9.81. The Hall–Kier alpha value is -2.57. The molecule has 2 aliphatic rings.